The number of hydrogen-bond acceptors (Lipinski definition) is 5. The van der Waals surface area contributed by atoms with Gasteiger partial charge in [-0.2, -0.15) is 0 Å². The molecule has 0 aromatic carbocycles. The Balaban J connectivity index is 1.94. The van der Waals surface area contributed by atoms with E-state index in [1.165, 1.54) is 0 Å². The van der Waals surface area contributed by atoms with Crippen molar-refractivity contribution in [2.75, 3.05) is 18.9 Å². The van der Waals surface area contributed by atoms with Gasteiger partial charge in [-0.3, -0.25) is 9.69 Å². The van der Waals surface area contributed by atoms with Crippen molar-refractivity contribution >= 4 is 22.4 Å². The topological polar surface area (TPSA) is 71.2 Å². The molecule has 1 unspecified atom stereocenters. The van der Waals surface area contributed by atoms with Crippen LogP contribution >= 0.6 is 11.3 Å². The molecule has 15 heavy (non-hydrogen) atoms. The van der Waals surface area contributed by atoms with Crippen LogP contribution in [0.15, 0.2) is 6.20 Å². The van der Waals surface area contributed by atoms with Gasteiger partial charge in [0, 0.05) is 31.2 Å². The molecule has 1 aliphatic rings. The number of carbonyl (C=O) groups excluding carboxylic acids is 1. The van der Waals surface area contributed by atoms with Gasteiger partial charge in [0.25, 0.3) is 0 Å². The Morgan fingerprint density at radius 2 is 2.67 bits per heavy atom. The van der Waals surface area contributed by atoms with E-state index in [1.54, 1.807) is 11.3 Å². The molecule has 0 radical (unpaired) electrons. The van der Waals surface area contributed by atoms with Gasteiger partial charge in [0.1, 0.15) is 0 Å². The van der Waals surface area contributed by atoms with E-state index in [1.807, 2.05) is 13.2 Å². The Morgan fingerprint density at radius 1 is 1.87 bits per heavy atom. The van der Waals surface area contributed by atoms with Crippen LogP contribution in [0.3, 0.4) is 0 Å². The van der Waals surface area contributed by atoms with Crippen LogP contribution < -0.4 is 11.1 Å². The van der Waals surface area contributed by atoms with Crippen molar-refractivity contribution in [3.8, 4) is 0 Å². The zero-order valence-electron chi connectivity index (χ0n) is 8.56. The highest BCUT2D eigenvalue weighted by Crippen LogP contribution is 2.24. The Labute approximate surface area is 92.3 Å². The predicted octanol–water partition coefficient (Wildman–Crippen LogP) is 0.244. The van der Waals surface area contributed by atoms with E-state index in [0.29, 0.717) is 0 Å². The summed E-state index contributed by atoms with van der Waals surface area (Å²) in [6.07, 6.45) is 2.72. The molecule has 0 spiro atoms. The first-order valence-electron chi connectivity index (χ1n) is 4.86. The fraction of sp³-hybridized carbons (Fsp3) is 0.556. The molecule has 1 fully saturated rings. The number of carbonyl (C=O) groups is 1. The molecule has 1 saturated heterocycles. The van der Waals surface area contributed by atoms with E-state index >= 15 is 0 Å². The van der Waals surface area contributed by atoms with E-state index in [-0.39, 0.29) is 11.9 Å². The van der Waals surface area contributed by atoms with E-state index < -0.39 is 0 Å². The van der Waals surface area contributed by atoms with Crippen LogP contribution in [0.4, 0.5) is 5.13 Å². The minimum Gasteiger partial charge on any atom is -0.368 e. The summed E-state index contributed by atoms with van der Waals surface area (Å²) in [7, 11) is 1.85. The molecule has 1 aromatic rings. The van der Waals surface area contributed by atoms with Gasteiger partial charge in [-0.05, 0) is 6.42 Å². The lowest BCUT2D eigenvalue weighted by Gasteiger charge is -2.38. The van der Waals surface area contributed by atoms with Crippen molar-refractivity contribution in [1.82, 2.24) is 9.88 Å². The second-order valence-electron chi connectivity index (χ2n) is 3.56. The number of nitrogens with two attached hydrogens (primary N) is 1. The summed E-state index contributed by atoms with van der Waals surface area (Å²) in [4.78, 5) is 18.4. The molecular formula is C9H14N4OS. The van der Waals surface area contributed by atoms with Crippen molar-refractivity contribution < 1.29 is 4.79 Å². The number of primary amides is 1. The monoisotopic (exact) mass is 226 g/mol. The molecule has 1 atom stereocenters. The number of anilines is 1. The number of aromatic nitrogens is 1. The second-order valence-corrected chi connectivity index (χ2v) is 4.67. The maximum Gasteiger partial charge on any atom is 0.234 e. The Bertz CT molecular complexity index is 365. The normalized spacial score (nSPS) is 21.0. The van der Waals surface area contributed by atoms with E-state index in [4.69, 9.17) is 5.73 Å². The molecule has 2 heterocycles. The first-order valence-corrected chi connectivity index (χ1v) is 5.68. The van der Waals surface area contributed by atoms with Crippen molar-refractivity contribution in [3.05, 3.63) is 11.1 Å². The lowest BCUT2D eigenvalue weighted by Crippen LogP contribution is -2.54. The molecular weight excluding hydrogens is 212 g/mol. The van der Waals surface area contributed by atoms with Gasteiger partial charge in [-0.15, -0.1) is 11.3 Å². The number of hydrogen-bond donors (Lipinski definition) is 2. The van der Waals surface area contributed by atoms with Gasteiger partial charge < -0.3 is 11.1 Å². The summed E-state index contributed by atoms with van der Waals surface area (Å²) in [5.74, 6) is -0.223. The predicted molar refractivity (Wildman–Crippen MR) is 59.7 cm³/mol. The Kier molecular flexibility index (Phi) is 2.88. The summed E-state index contributed by atoms with van der Waals surface area (Å²) >= 11 is 1.61. The van der Waals surface area contributed by atoms with Gasteiger partial charge in [-0.25, -0.2) is 4.98 Å². The van der Waals surface area contributed by atoms with Gasteiger partial charge in [0.05, 0.1) is 6.04 Å². The summed E-state index contributed by atoms with van der Waals surface area (Å²) in [6, 6.07) is -0.0786. The average molecular weight is 226 g/mol. The van der Waals surface area contributed by atoms with Crippen LogP contribution in [-0.2, 0) is 11.3 Å². The number of likely N-dealkylation sites (tertiary alicyclic amines) is 1. The maximum absolute atomic E-state index is 11.0. The summed E-state index contributed by atoms with van der Waals surface area (Å²) in [6.45, 7) is 1.72. The van der Waals surface area contributed by atoms with Gasteiger partial charge in [0.15, 0.2) is 5.13 Å². The average Bonchev–Trinajstić information content (AvgIpc) is 2.59. The second kappa shape index (κ2) is 4.16. The smallest absolute Gasteiger partial charge is 0.234 e. The molecule has 1 aliphatic heterocycles. The summed E-state index contributed by atoms with van der Waals surface area (Å²) in [5, 5.41) is 3.89. The van der Waals surface area contributed by atoms with Crippen LogP contribution in [0.5, 0.6) is 0 Å². The van der Waals surface area contributed by atoms with Crippen LogP contribution in [0.25, 0.3) is 0 Å². The Hall–Kier alpha value is -1.14. The van der Waals surface area contributed by atoms with Gasteiger partial charge in [0.2, 0.25) is 5.91 Å². The molecule has 82 valence electrons. The number of nitrogens with zero attached hydrogens (tertiary/aromatic N) is 2. The molecule has 2 rings (SSSR count). The van der Waals surface area contributed by atoms with Crippen molar-refractivity contribution in [2.45, 2.75) is 19.0 Å². The summed E-state index contributed by atoms with van der Waals surface area (Å²) in [5.41, 5.74) is 5.27. The quantitative estimate of drug-likeness (QED) is 0.771. The van der Waals surface area contributed by atoms with Crippen molar-refractivity contribution in [3.63, 3.8) is 0 Å². The molecule has 0 saturated carbocycles. The lowest BCUT2D eigenvalue weighted by atomic mass is 10.0. The van der Waals surface area contributed by atoms with Crippen LogP contribution in [0.2, 0.25) is 0 Å². The lowest BCUT2D eigenvalue weighted by molar-refractivity contribution is -0.127. The fourth-order valence-electron chi connectivity index (χ4n) is 1.65. The third kappa shape index (κ3) is 2.10. The van der Waals surface area contributed by atoms with Crippen molar-refractivity contribution in [2.24, 2.45) is 5.73 Å². The summed E-state index contributed by atoms with van der Waals surface area (Å²) < 4.78 is 0. The van der Waals surface area contributed by atoms with Crippen LogP contribution in [-0.4, -0.2) is 35.4 Å². The standard InChI is InChI=1S/C9H14N4OS/c1-11-9-12-4-6(15-9)5-13-3-2-7(13)8(10)14/h4,7H,2-3,5H2,1H3,(H2,10,14)(H,11,12). The van der Waals surface area contributed by atoms with E-state index in [0.717, 1.165) is 29.5 Å². The minimum absolute atomic E-state index is 0.0786. The molecule has 0 bridgehead atoms. The molecule has 0 aliphatic carbocycles. The minimum atomic E-state index is -0.223. The number of rotatable bonds is 4. The zero-order valence-corrected chi connectivity index (χ0v) is 9.38. The highest BCUT2D eigenvalue weighted by molar-refractivity contribution is 7.15. The zero-order chi connectivity index (χ0) is 10.8. The highest BCUT2D eigenvalue weighted by atomic mass is 32.1. The van der Waals surface area contributed by atoms with Crippen LogP contribution in [0.1, 0.15) is 11.3 Å². The first-order chi connectivity index (χ1) is 7.20. The van der Waals surface area contributed by atoms with Gasteiger partial charge >= 0.3 is 0 Å². The maximum atomic E-state index is 11.0. The van der Waals surface area contributed by atoms with Gasteiger partial charge in [-0.1, -0.05) is 0 Å². The molecule has 3 N–H and O–H groups in total. The number of nitrogens with one attached hydrogen (secondary N) is 1. The number of amides is 1. The fourth-order valence-corrected chi connectivity index (χ4v) is 2.44. The third-order valence-electron chi connectivity index (χ3n) is 2.59. The van der Waals surface area contributed by atoms with E-state index in [2.05, 4.69) is 15.2 Å². The third-order valence-corrected chi connectivity index (χ3v) is 3.58. The first kappa shape index (κ1) is 10.4. The van der Waals surface area contributed by atoms with E-state index in [9.17, 15) is 4.79 Å². The molecule has 1 aromatic heterocycles. The molecule has 6 heteroatoms. The number of thiazole rings is 1. The largest absolute Gasteiger partial charge is 0.368 e. The SMILES string of the molecule is CNc1ncc(CN2CCC2C(N)=O)s1. The van der Waals surface area contributed by atoms with Crippen molar-refractivity contribution in [1.29, 1.82) is 0 Å². The molecule has 5 nitrogen and oxygen atoms in total. The highest BCUT2D eigenvalue weighted by Gasteiger charge is 2.32. The van der Waals surface area contributed by atoms with Crippen LogP contribution in [0, 0.1) is 0 Å². The Morgan fingerprint density at radius 3 is 3.13 bits per heavy atom. The molecule has 1 amide bonds.